The summed E-state index contributed by atoms with van der Waals surface area (Å²) < 4.78 is 8.43. The molecule has 0 spiro atoms. The Labute approximate surface area is 204 Å². The molecule has 7 heteroatoms. The van der Waals surface area contributed by atoms with Crippen LogP contribution in [0, 0.1) is 5.92 Å². The van der Waals surface area contributed by atoms with Crippen molar-refractivity contribution in [2.24, 2.45) is 16.6 Å². The molecule has 1 aromatic rings. The third-order valence-corrected chi connectivity index (χ3v) is 8.06. The van der Waals surface area contributed by atoms with Gasteiger partial charge in [-0.1, -0.05) is 6.08 Å². The molecule has 1 unspecified atom stereocenters. The fraction of sp³-hybridized carbons (Fsp3) is 0.704. The zero-order valence-electron chi connectivity index (χ0n) is 21.4. The number of nitrogens with zero attached hydrogens (tertiary/aromatic N) is 5. The maximum Gasteiger partial charge on any atom is 0.146 e. The fourth-order valence-corrected chi connectivity index (χ4v) is 6.31. The van der Waals surface area contributed by atoms with Crippen molar-refractivity contribution in [3.63, 3.8) is 0 Å². The number of ether oxygens (including phenoxy) is 1. The highest BCUT2D eigenvalue weighted by Gasteiger charge is 2.38. The summed E-state index contributed by atoms with van der Waals surface area (Å²) in [5, 5.41) is 0. The van der Waals surface area contributed by atoms with Gasteiger partial charge in [-0.15, -0.1) is 0 Å². The van der Waals surface area contributed by atoms with Crippen LogP contribution < -0.4 is 5.73 Å². The highest BCUT2D eigenvalue weighted by molar-refractivity contribution is 5.96. The lowest BCUT2D eigenvalue weighted by molar-refractivity contribution is 0.0834. The normalized spacial score (nSPS) is 27.3. The van der Waals surface area contributed by atoms with Crippen LogP contribution in [-0.2, 0) is 11.3 Å². The molecule has 4 heterocycles. The average Bonchev–Trinajstić information content (AvgIpc) is 3.43. The van der Waals surface area contributed by atoms with E-state index >= 15 is 0 Å². The molecule has 0 aromatic carbocycles. The minimum Gasteiger partial charge on any atom is -0.491 e. The number of fused-ring (bicyclic) bond motifs is 3. The van der Waals surface area contributed by atoms with Gasteiger partial charge in [-0.3, -0.25) is 9.89 Å². The summed E-state index contributed by atoms with van der Waals surface area (Å²) in [4.78, 5) is 14.8. The summed E-state index contributed by atoms with van der Waals surface area (Å²) >= 11 is 0. The van der Waals surface area contributed by atoms with E-state index in [9.17, 15) is 0 Å². The Kier molecular flexibility index (Phi) is 6.85. The molecular formula is C27H42N6O. The second-order valence-corrected chi connectivity index (χ2v) is 11.0. The molecule has 34 heavy (non-hydrogen) atoms. The van der Waals surface area contributed by atoms with Crippen LogP contribution in [0.4, 0.5) is 0 Å². The first-order valence-electron chi connectivity index (χ1n) is 13.4. The Bertz CT molecular complexity index is 966. The Morgan fingerprint density at radius 3 is 2.65 bits per heavy atom. The minimum absolute atomic E-state index is 0.154. The lowest BCUT2D eigenvalue weighted by Gasteiger charge is -2.42. The van der Waals surface area contributed by atoms with Gasteiger partial charge in [-0.2, -0.15) is 0 Å². The van der Waals surface area contributed by atoms with Crippen molar-refractivity contribution in [1.29, 1.82) is 0 Å². The quantitative estimate of drug-likeness (QED) is 0.530. The van der Waals surface area contributed by atoms with Gasteiger partial charge >= 0.3 is 0 Å². The van der Waals surface area contributed by atoms with E-state index in [4.69, 9.17) is 15.5 Å². The van der Waals surface area contributed by atoms with Crippen LogP contribution in [0.5, 0.6) is 0 Å². The average molecular weight is 467 g/mol. The highest BCUT2D eigenvalue weighted by atomic mass is 16.5. The molecule has 4 aliphatic rings. The fourth-order valence-electron chi connectivity index (χ4n) is 6.31. The van der Waals surface area contributed by atoms with Crippen LogP contribution in [0.1, 0.15) is 71.3 Å². The monoisotopic (exact) mass is 466 g/mol. The molecule has 0 amide bonds. The number of hydrogen-bond donors (Lipinski definition) is 1. The lowest BCUT2D eigenvalue weighted by atomic mass is 9.86. The van der Waals surface area contributed by atoms with E-state index in [1.807, 2.05) is 20.0 Å². The van der Waals surface area contributed by atoms with Gasteiger partial charge in [0.15, 0.2) is 0 Å². The summed E-state index contributed by atoms with van der Waals surface area (Å²) in [6.45, 7) is 13.8. The molecule has 2 atom stereocenters. The summed E-state index contributed by atoms with van der Waals surface area (Å²) in [5.41, 5.74) is 8.10. The first-order valence-corrected chi connectivity index (χ1v) is 13.4. The molecular weight excluding hydrogens is 424 g/mol. The van der Waals surface area contributed by atoms with E-state index in [1.165, 1.54) is 45.3 Å². The molecule has 0 saturated carbocycles. The predicted octanol–water partition coefficient (Wildman–Crippen LogP) is 3.65. The molecule has 2 saturated heterocycles. The smallest absolute Gasteiger partial charge is 0.146 e. The van der Waals surface area contributed by atoms with Crippen LogP contribution in [-0.4, -0.2) is 75.6 Å². The SMILES string of the molecule is CC(C)N=C(N)c1cn2c(n1)C1=CCC(N3CCC[C@H]3C3CCN(C(C)C)CC3)C=C1OCC2. The number of likely N-dealkylation sites (tertiary alicyclic amines) is 2. The van der Waals surface area contributed by atoms with Gasteiger partial charge in [0, 0.05) is 30.4 Å². The van der Waals surface area contributed by atoms with Gasteiger partial charge in [0.25, 0.3) is 0 Å². The topological polar surface area (TPSA) is 71.9 Å². The highest BCUT2D eigenvalue weighted by Crippen LogP contribution is 2.38. The number of imidazole rings is 1. The van der Waals surface area contributed by atoms with Gasteiger partial charge in [0.1, 0.15) is 29.7 Å². The maximum absolute atomic E-state index is 6.26. The standard InChI is InChI=1S/C27H42N6O/c1-18(2)29-26(28)23-17-32-14-15-34-25-16-21(7-8-22(25)27(32)30-23)33-11-5-6-24(33)20-9-12-31(13-10-20)19(3)4/h8,16-21,24H,5-7,9-15H2,1-4H3,(H2,28,29)/t21?,24-/m0/s1. The molecule has 5 rings (SSSR count). The van der Waals surface area contributed by atoms with Crippen molar-refractivity contribution in [2.45, 2.75) is 90.5 Å². The largest absolute Gasteiger partial charge is 0.491 e. The van der Waals surface area contributed by atoms with Gasteiger partial charge in [0.2, 0.25) is 0 Å². The van der Waals surface area contributed by atoms with Crippen LogP contribution in [0.15, 0.2) is 29.1 Å². The number of nitrogens with two attached hydrogens (primary N) is 1. The molecule has 2 fully saturated rings. The van der Waals surface area contributed by atoms with Crippen LogP contribution >= 0.6 is 0 Å². The molecule has 1 aliphatic carbocycles. The van der Waals surface area contributed by atoms with Crippen molar-refractivity contribution in [3.8, 4) is 0 Å². The summed E-state index contributed by atoms with van der Waals surface area (Å²) in [5.74, 6) is 3.28. The zero-order valence-corrected chi connectivity index (χ0v) is 21.4. The van der Waals surface area contributed by atoms with Crippen LogP contribution in [0.25, 0.3) is 5.57 Å². The van der Waals surface area contributed by atoms with Crippen LogP contribution in [0.3, 0.4) is 0 Å². The Morgan fingerprint density at radius 2 is 1.91 bits per heavy atom. The molecule has 0 bridgehead atoms. The molecule has 2 N–H and O–H groups in total. The summed E-state index contributed by atoms with van der Waals surface area (Å²) in [6.07, 6.45) is 13.1. The van der Waals surface area contributed by atoms with Gasteiger partial charge in [-0.05, 0) is 91.4 Å². The number of hydrogen-bond acceptors (Lipinski definition) is 5. The molecule has 7 nitrogen and oxygen atoms in total. The summed E-state index contributed by atoms with van der Waals surface area (Å²) in [6, 6.07) is 1.95. The number of aliphatic imine (C=N–C) groups is 1. The first-order chi connectivity index (χ1) is 16.4. The van der Waals surface area contributed by atoms with Crippen LogP contribution in [0.2, 0.25) is 0 Å². The maximum atomic E-state index is 6.26. The number of aromatic nitrogens is 2. The second kappa shape index (κ2) is 9.86. The summed E-state index contributed by atoms with van der Waals surface area (Å²) in [7, 11) is 0. The number of rotatable bonds is 5. The van der Waals surface area contributed by atoms with E-state index in [0.29, 0.717) is 30.6 Å². The third kappa shape index (κ3) is 4.69. The van der Waals surface area contributed by atoms with E-state index in [2.05, 4.69) is 45.4 Å². The van der Waals surface area contributed by atoms with Gasteiger partial charge in [0.05, 0.1) is 12.1 Å². The minimum atomic E-state index is 0.154. The van der Waals surface area contributed by atoms with Gasteiger partial charge < -0.3 is 19.9 Å². The third-order valence-electron chi connectivity index (χ3n) is 8.06. The Morgan fingerprint density at radius 1 is 1.12 bits per heavy atom. The van der Waals surface area contributed by atoms with Crippen molar-refractivity contribution >= 4 is 11.4 Å². The van der Waals surface area contributed by atoms with E-state index < -0.39 is 0 Å². The second-order valence-electron chi connectivity index (χ2n) is 11.0. The molecule has 3 aliphatic heterocycles. The van der Waals surface area contributed by atoms with Gasteiger partial charge in [-0.25, -0.2) is 4.98 Å². The number of amidine groups is 1. The van der Waals surface area contributed by atoms with Crippen molar-refractivity contribution < 1.29 is 4.74 Å². The number of allylic oxidation sites excluding steroid dienone is 1. The van der Waals surface area contributed by atoms with Crippen molar-refractivity contribution in [3.05, 3.63) is 35.6 Å². The Hall–Kier alpha value is -2.12. The van der Waals surface area contributed by atoms with Crippen molar-refractivity contribution in [1.82, 2.24) is 19.4 Å². The zero-order chi connectivity index (χ0) is 23.8. The lowest BCUT2D eigenvalue weighted by Crippen LogP contribution is -2.47. The molecule has 0 radical (unpaired) electrons. The molecule has 1 aromatic heterocycles. The van der Waals surface area contributed by atoms with E-state index in [0.717, 1.165) is 41.7 Å². The Balaban J connectivity index is 1.32. The number of piperidine rings is 1. The van der Waals surface area contributed by atoms with E-state index in [1.54, 1.807) is 0 Å². The molecule has 186 valence electrons. The first kappa shape index (κ1) is 23.6. The predicted molar refractivity (Wildman–Crippen MR) is 138 cm³/mol. The van der Waals surface area contributed by atoms with Crippen molar-refractivity contribution in [2.75, 3.05) is 26.2 Å². The van der Waals surface area contributed by atoms with E-state index in [-0.39, 0.29) is 6.04 Å².